The number of nitriles is 1. The molecule has 1 atom stereocenters. The molecule has 0 saturated heterocycles. The molecule has 1 heterocycles. The summed E-state index contributed by atoms with van der Waals surface area (Å²) in [5.74, 6) is 0.330. The number of benzene rings is 3. The highest BCUT2D eigenvalue weighted by Crippen LogP contribution is 2.45. The number of amides is 1. The fraction of sp³-hybridized carbons (Fsp3) is 0.308. The Labute approximate surface area is 187 Å². The minimum absolute atomic E-state index is 0.123. The van der Waals surface area contributed by atoms with E-state index in [4.69, 9.17) is 9.47 Å². The van der Waals surface area contributed by atoms with E-state index < -0.39 is 11.7 Å². The Hall–Kier alpha value is -3.56. The van der Waals surface area contributed by atoms with Crippen LogP contribution in [0.15, 0.2) is 54.6 Å². The van der Waals surface area contributed by atoms with E-state index in [1.165, 1.54) is 0 Å². The fourth-order valence-electron chi connectivity index (χ4n) is 4.03. The Morgan fingerprint density at radius 1 is 1.16 bits per heavy atom. The van der Waals surface area contributed by atoms with Crippen molar-refractivity contribution in [3.8, 4) is 11.8 Å². The molecule has 0 radical (unpaired) electrons. The third-order valence-electron chi connectivity index (χ3n) is 5.42. The summed E-state index contributed by atoms with van der Waals surface area (Å²) in [6.45, 7) is 6.00. The van der Waals surface area contributed by atoms with Gasteiger partial charge in [0.05, 0.1) is 23.9 Å². The van der Waals surface area contributed by atoms with E-state index in [0.29, 0.717) is 30.2 Å². The number of aliphatic hydroxyl groups is 1. The predicted molar refractivity (Wildman–Crippen MR) is 123 cm³/mol. The molecule has 6 nitrogen and oxygen atoms in total. The van der Waals surface area contributed by atoms with Crippen LogP contribution in [0.1, 0.15) is 43.4 Å². The number of carbonyl (C=O) groups excluding carboxylic acids is 1. The normalized spacial score (nSPS) is 15.3. The number of ether oxygens (including phenoxy) is 2. The number of nitrogens with zero attached hydrogens (tertiary/aromatic N) is 2. The Morgan fingerprint density at radius 2 is 1.91 bits per heavy atom. The Bertz CT molecular complexity index is 1190. The van der Waals surface area contributed by atoms with Gasteiger partial charge < -0.3 is 14.6 Å². The average Bonchev–Trinajstić information content (AvgIpc) is 3.15. The van der Waals surface area contributed by atoms with Crippen LogP contribution in [0.4, 0.5) is 10.5 Å². The Morgan fingerprint density at radius 3 is 2.56 bits per heavy atom. The van der Waals surface area contributed by atoms with E-state index in [-0.39, 0.29) is 12.5 Å². The Balaban J connectivity index is 1.83. The lowest BCUT2D eigenvalue weighted by Crippen LogP contribution is -2.36. The molecule has 32 heavy (non-hydrogen) atoms. The number of anilines is 1. The second-order valence-electron chi connectivity index (χ2n) is 8.92. The van der Waals surface area contributed by atoms with Crippen LogP contribution in [0.3, 0.4) is 0 Å². The number of fused-ring (bicyclic) bond motifs is 3. The zero-order chi connectivity index (χ0) is 22.9. The first-order valence-corrected chi connectivity index (χ1v) is 10.6. The van der Waals surface area contributed by atoms with Crippen LogP contribution in [0.5, 0.6) is 5.75 Å². The Kier molecular flexibility index (Phi) is 5.77. The van der Waals surface area contributed by atoms with Crippen LogP contribution < -0.4 is 9.64 Å². The van der Waals surface area contributed by atoms with E-state index in [1.54, 1.807) is 17.0 Å². The molecule has 0 spiro atoms. The molecule has 4 rings (SSSR count). The van der Waals surface area contributed by atoms with E-state index in [2.05, 4.69) is 6.07 Å². The molecule has 0 unspecified atom stereocenters. The van der Waals surface area contributed by atoms with Crippen LogP contribution in [0, 0.1) is 11.3 Å². The summed E-state index contributed by atoms with van der Waals surface area (Å²) in [4.78, 5) is 14.5. The van der Waals surface area contributed by atoms with E-state index >= 15 is 0 Å². The molecule has 1 aliphatic heterocycles. The smallest absolute Gasteiger partial charge is 0.414 e. The molecule has 164 valence electrons. The highest BCUT2D eigenvalue weighted by Gasteiger charge is 2.37. The molecular weight excluding hydrogens is 404 g/mol. The fourth-order valence-corrected chi connectivity index (χ4v) is 4.03. The van der Waals surface area contributed by atoms with E-state index in [0.717, 1.165) is 21.9 Å². The van der Waals surface area contributed by atoms with Crippen LogP contribution in [-0.4, -0.2) is 30.0 Å². The highest BCUT2D eigenvalue weighted by atomic mass is 16.6. The number of hydrogen-bond acceptors (Lipinski definition) is 5. The van der Waals surface area contributed by atoms with E-state index in [1.807, 2.05) is 63.2 Å². The molecule has 1 N–H and O–H groups in total. The van der Waals surface area contributed by atoms with Gasteiger partial charge in [0, 0.05) is 23.9 Å². The van der Waals surface area contributed by atoms with Gasteiger partial charge in [-0.15, -0.1) is 0 Å². The van der Waals surface area contributed by atoms with Gasteiger partial charge in [-0.05, 0) is 55.5 Å². The van der Waals surface area contributed by atoms with Gasteiger partial charge in [0.2, 0.25) is 0 Å². The van der Waals surface area contributed by atoms with E-state index in [9.17, 15) is 15.2 Å². The number of aliphatic hydroxyl groups excluding tert-OH is 1. The first kappa shape index (κ1) is 21.7. The van der Waals surface area contributed by atoms with Gasteiger partial charge in [-0.1, -0.05) is 30.3 Å². The van der Waals surface area contributed by atoms with Gasteiger partial charge in [0.25, 0.3) is 0 Å². The van der Waals surface area contributed by atoms with Crippen LogP contribution >= 0.6 is 0 Å². The monoisotopic (exact) mass is 430 g/mol. The second-order valence-corrected chi connectivity index (χ2v) is 8.92. The number of hydrogen-bond donors (Lipinski definition) is 1. The molecule has 0 aliphatic carbocycles. The van der Waals surface area contributed by atoms with Crippen molar-refractivity contribution in [2.75, 3.05) is 18.1 Å². The topological polar surface area (TPSA) is 82.8 Å². The van der Waals surface area contributed by atoms with Crippen molar-refractivity contribution >= 4 is 22.6 Å². The molecule has 0 aromatic heterocycles. The van der Waals surface area contributed by atoms with Gasteiger partial charge in [-0.25, -0.2) is 4.79 Å². The van der Waals surface area contributed by atoms with Gasteiger partial charge in [0.1, 0.15) is 18.0 Å². The number of carbonyl (C=O) groups is 1. The van der Waals surface area contributed by atoms with Gasteiger partial charge in [-0.2, -0.15) is 5.26 Å². The second kappa shape index (κ2) is 8.52. The molecule has 0 fully saturated rings. The largest absolute Gasteiger partial charge is 0.488 e. The van der Waals surface area contributed by atoms with Crippen molar-refractivity contribution in [3.63, 3.8) is 0 Å². The minimum Gasteiger partial charge on any atom is -0.488 e. The third kappa shape index (κ3) is 4.25. The lowest BCUT2D eigenvalue weighted by Gasteiger charge is -2.25. The lowest BCUT2D eigenvalue weighted by molar-refractivity contribution is 0.0581. The maximum atomic E-state index is 13.0. The van der Waals surface area contributed by atoms with Gasteiger partial charge >= 0.3 is 6.09 Å². The summed E-state index contributed by atoms with van der Waals surface area (Å²) in [5.41, 5.74) is 2.35. The molecular formula is C26H26N2O4. The maximum Gasteiger partial charge on any atom is 0.414 e. The van der Waals surface area contributed by atoms with Crippen molar-refractivity contribution < 1.29 is 19.4 Å². The van der Waals surface area contributed by atoms with Crippen molar-refractivity contribution in [1.82, 2.24) is 0 Å². The summed E-state index contributed by atoms with van der Waals surface area (Å²) in [6, 6.07) is 19.2. The molecule has 3 aromatic carbocycles. The zero-order valence-corrected chi connectivity index (χ0v) is 18.5. The summed E-state index contributed by atoms with van der Waals surface area (Å²) in [5, 5.41) is 21.2. The van der Waals surface area contributed by atoms with Gasteiger partial charge in [0.15, 0.2) is 0 Å². The predicted octanol–water partition coefficient (Wildman–Crippen LogP) is 5.12. The SMILES string of the molecule is CC(C)(C)OC(=O)N1C[C@@H](CO)c2c1cc(OCc1ccccc1)c1ccc(C#N)cc21. The quantitative estimate of drug-likeness (QED) is 0.621. The van der Waals surface area contributed by atoms with Crippen LogP contribution in [0.2, 0.25) is 0 Å². The van der Waals surface area contributed by atoms with Crippen LogP contribution in [0.25, 0.3) is 10.8 Å². The van der Waals surface area contributed by atoms with Gasteiger partial charge in [-0.3, -0.25) is 4.90 Å². The molecule has 0 bridgehead atoms. The van der Waals surface area contributed by atoms with Crippen molar-refractivity contribution in [2.45, 2.75) is 38.9 Å². The summed E-state index contributed by atoms with van der Waals surface area (Å²) >= 11 is 0. The summed E-state index contributed by atoms with van der Waals surface area (Å²) < 4.78 is 11.8. The zero-order valence-electron chi connectivity index (χ0n) is 18.5. The maximum absolute atomic E-state index is 13.0. The lowest BCUT2D eigenvalue weighted by atomic mass is 9.93. The molecule has 0 saturated carbocycles. The third-order valence-corrected chi connectivity index (χ3v) is 5.42. The van der Waals surface area contributed by atoms with Crippen molar-refractivity contribution in [3.05, 3.63) is 71.3 Å². The molecule has 6 heteroatoms. The minimum atomic E-state index is -0.647. The molecule has 3 aromatic rings. The van der Waals surface area contributed by atoms with Crippen molar-refractivity contribution in [2.24, 2.45) is 0 Å². The highest BCUT2D eigenvalue weighted by molar-refractivity contribution is 6.02. The standard InChI is InChI=1S/C26H26N2O4/c1-26(2,3)32-25(30)28-14-19(15-29)24-21-11-18(13-27)9-10-20(21)23(12-22(24)28)31-16-17-7-5-4-6-8-17/h4-12,19,29H,14-16H2,1-3H3/t19-/m0/s1. The molecule has 1 amide bonds. The first-order chi connectivity index (χ1) is 15.3. The average molecular weight is 431 g/mol. The summed E-state index contributed by atoms with van der Waals surface area (Å²) in [7, 11) is 0. The number of rotatable bonds is 4. The van der Waals surface area contributed by atoms with Crippen molar-refractivity contribution in [1.29, 1.82) is 5.26 Å². The molecule has 1 aliphatic rings. The first-order valence-electron chi connectivity index (χ1n) is 10.6. The van der Waals surface area contributed by atoms with Crippen LogP contribution in [-0.2, 0) is 11.3 Å². The summed E-state index contributed by atoms with van der Waals surface area (Å²) in [6.07, 6.45) is -0.473.